The van der Waals surface area contributed by atoms with E-state index >= 15 is 0 Å². The number of piperidine rings is 1. The Balaban J connectivity index is 1.40. The van der Waals surface area contributed by atoms with Crippen molar-refractivity contribution >= 4 is 11.7 Å². The third-order valence-electron chi connectivity index (χ3n) is 5.41. The Kier molecular flexibility index (Phi) is 4.70. The second-order valence-corrected chi connectivity index (χ2v) is 7.55. The maximum atomic E-state index is 12.9. The van der Waals surface area contributed by atoms with Gasteiger partial charge in [0, 0.05) is 24.6 Å². The van der Waals surface area contributed by atoms with Crippen molar-refractivity contribution in [2.24, 2.45) is 11.7 Å². The first-order chi connectivity index (χ1) is 13.0. The maximum absolute atomic E-state index is 12.9. The van der Waals surface area contributed by atoms with Crippen LogP contribution < -0.4 is 10.5 Å². The van der Waals surface area contributed by atoms with E-state index in [0.29, 0.717) is 24.4 Å². The van der Waals surface area contributed by atoms with E-state index in [4.69, 9.17) is 10.5 Å². The molecule has 27 heavy (non-hydrogen) atoms. The van der Waals surface area contributed by atoms with Gasteiger partial charge in [-0.05, 0) is 62.1 Å². The standard InChI is InChI=1S/C22H24N2O3/c23-22(12-13-22)21(26)24-14-4-5-17(15-24)20(25)16-8-10-19(11-9-16)27-18-6-2-1-3-7-18/h1-3,6-11,17H,4-5,12-15,23H2/t17-/m1/s1. The number of Topliss-reactive ketones (excluding diaryl/α,β-unsaturated/α-hetero) is 1. The van der Waals surface area contributed by atoms with Gasteiger partial charge in [0.05, 0.1) is 5.54 Å². The SMILES string of the molecule is NC1(C(=O)N2CCC[C@@H](C(=O)c3ccc(Oc4ccccc4)cc3)C2)CC1. The number of carbonyl (C=O) groups is 2. The van der Waals surface area contributed by atoms with E-state index in [-0.39, 0.29) is 17.6 Å². The molecule has 0 spiro atoms. The summed E-state index contributed by atoms with van der Waals surface area (Å²) in [4.78, 5) is 27.2. The van der Waals surface area contributed by atoms with Crippen LogP contribution in [0, 0.1) is 5.92 Å². The molecule has 1 aliphatic heterocycles. The van der Waals surface area contributed by atoms with Gasteiger partial charge in [0.1, 0.15) is 11.5 Å². The molecule has 2 aromatic carbocycles. The predicted octanol–water partition coefficient (Wildman–Crippen LogP) is 3.39. The van der Waals surface area contributed by atoms with Crippen LogP contribution in [-0.2, 0) is 4.79 Å². The molecule has 1 heterocycles. The van der Waals surface area contributed by atoms with Gasteiger partial charge in [0.15, 0.2) is 5.78 Å². The molecule has 2 aromatic rings. The molecule has 1 amide bonds. The zero-order valence-electron chi connectivity index (χ0n) is 15.3. The number of rotatable bonds is 5. The lowest BCUT2D eigenvalue weighted by molar-refractivity contribution is -0.135. The summed E-state index contributed by atoms with van der Waals surface area (Å²) in [5, 5.41) is 0. The van der Waals surface area contributed by atoms with Crippen molar-refractivity contribution in [1.29, 1.82) is 0 Å². The molecule has 0 bridgehead atoms. The van der Waals surface area contributed by atoms with Gasteiger partial charge >= 0.3 is 0 Å². The first-order valence-corrected chi connectivity index (χ1v) is 9.51. The van der Waals surface area contributed by atoms with Gasteiger partial charge in [-0.3, -0.25) is 9.59 Å². The highest BCUT2D eigenvalue weighted by molar-refractivity contribution is 5.98. The molecule has 2 aliphatic rings. The molecule has 0 aromatic heterocycles. The van der Waals surface area contributed by atoms with Crippen LogP contribution in [0.15, 0.2) is 54.6 Å². The van der Waals surface area contributed by atoms with Gasteiger partial charge in [0.25, 0.3) is 0 Å². The minimum absolute atomic E-state index is 0.00612. The minimum Gasteiger partial charge on any atom is -0.457 e. The van der Waals surface area contributed by atoms with Gasteiger partial charge in [-0.2, -0.15) is 0 Å². The largest absolute Gasteiger partial charge is 0.457 e. The molecule has 2 fully saturated rings. The molecule has 1 saturated heterocycles. The number of para-hydroxylation sites is 1. The summed E-state index contributed by atoms with van der Waals surface area (Å²) in [7, 11) is 0. The Morgan fingerprint density at radius 2 is 1.67 bits per heavy atom. The zero-order chi connectivity index (χ0) is 18.9. The first kappa shape index (κ1) is 17.7. The van der Waals surface area contributed by atoms with Gasteiger partial charge in [0.2, 0.25) is 5.91 Å². The summed E-state index contributed by atoms with van der Waals surface area (Å²) in [6.45, 7) is 1.17. The number of likely N-dealkylation sites (tertiary alicyclic amines) is 1. The average molecular weight is 364 g/mol. The molecule has 1 saturated carbocycles. The van der Waals surface area contributed by atoms with Crippen molar-refractivity contribution in [3.05, 3.63) is 60.2 Å². The van der Waals surface area contributed by atoms with Crippen LogP contribution in [0.3, 0.4) is 0 Å². The summed E-state index contributed by atoms with van der Waals surface area (Å²) in [6, 6.07) is 16.7. The van der Waals surface area contributed by atoms with E-state index in [0.717, 1.165) is 31.4 Å². The summed E-state index contributed by atoms with van der Waals surface area (Å²) >= 11 is 0. The highest BCUT2D eigenvalue weighted by Gasteiger charge is 2.49. The first-order valence-electron chi connectivity index (χ1n) is 9.51. The Labute approximate surface area is 159 Å². The third kappa shape index (κ3) is 3.88. The second-order valence-electron chi connectivity index (χ2n) is 7.55. The van der Waals surface area contributed by atoms with Crippen LogP contribution in [0.4, 0.5) is 0 Å². The van der Waals surface area contributed by atoms with E-state index in [9.17, 15) is 9.59 Å². The smallest absolute Gasteiger partial charge is 0.242 e. The van der Waals surface area contributed by atoms with Crippen LogP contribution in [0.25, 0.3) is 0 Å². The van der Waals surface area contributed by atoms with Crippen molar-refractivity contribution < 1.29 is 14.3 Å². The van der Waals surface area contributed by atoms with Crippen molar-refractivity contribution in [2.45, 2.75) is 31.2 Å². The zero-order valence-corrected chi connectivity index (χ0v) is 15.3. The van der Waals surface area contributed by atoms with Gasteiger partial charge < -0.3 is 15.4 Å². The van der Waals surface area contributed by atoms with E-state index < -0.39 is 5.54 Å². The summed E-state index contributed by atoms with van der Waals surface area (Å²) in [5.41, 5.74) is 6.03. The van der Waals surface area contributed by atoms with Crippen LogP contribution >= 0.6 is 0 Å². The normalized spacial score (nSPS) is 20.8. The molecular formula is C22H24N2O3. The van der Waals surface area contributed by atoms with Gasteiger partial charge in [-0.25, -0.2) is 0 Å². The number of ketones is 1. The maximum Gasteiger partial charge on any atom is 0.242 e. The quantitative estimate of drug-likeness (QED) is 0.826. The molecule has 1 aliphatic carbocycles. The number of ether oxygens (including phenoxy) is 1. The fraction of sp³-hybridized carbons (Fsp3) is 0.364. The number of carbonyl (C=O) groups excluding carboxylic acids is 2. The average Bonchev–Trinajstić information content (AvgIpc) is 3.47. The Morgan fingerprint density at radius 1 is 1.00 bits per heavy atom. The highest BCUT2D eigenvalue weighted by atomic mass is 16.5. The van der Waals surface area contributed by atoms with E-state index in [1.54, 1.807) is 17.0 Å². The number of benzene rings is 2. The molecule has 2 N–H and O–H groups in total. The van der Waals surface area contributed by atoms with Crippen molar-refractivity contribution in [3.8, 4) is 11.5 Å². The molecular weight excluding hydrogens is 340 g/mol. The van der Waals surface area contributed by atoms with Crippen LogP contribution in [0.5, 0.6) is 11.5 Å². The number of amides is 1. The molecule has 4 rings (SSSR count). The van der Waals surface area contributed by atoms with Crippen molar-refractivity contribution in [1.82, 2.24) is 4.90 Å². The fourth-order valence-corrected chi connectivity index (χ4v) is 3.59. The molecule has 0 radical (unpaired) electrons. The Hall–Kier alpha value is -2.66. The minimum atomic E-state index is -0.665. The Bertz CT molecular complexity index is 828. The lowest BCUT2D eigenvalue weighted by atomic mass is 9.89. The molecule has 5 nitrogen and oxygen atoms in total. The number of nitrogens with zero attached hydrogens (tertiary/aromatic N) is 1. The predicted molar refractivity (Wildman–Crippen MR) is 103 cm³/mol. The van der Waals surface area contributed by atoms with Crippen LogP contribution in [-0.4, -0.2) is 35.2 Å². The summed E-state index contributed by atoms with van der Waals surface area (Å²) in [6.07, 6.45) is 3.16. The third-order valence-corrected chi connectivity index (χ3v) is 5.41. The summed E-state index contributed by atoms with van der Waals surface area (Å²) < 4.78 is 5.77. The second kappa shape index (κ2) is 7.16. The Morgan fingerprint density at radius 3 is 2.33 bits per heavy atom. The monoisotopic (exact) mass is 364 g/mol. The van der Waals surface area contributed by atoms with Gasteiger partial charge in [-0.15, -0.1) is 0 Å². The van der Waals surface area contributed by atoms with Gasteiger partial charge in [-0.1, -0.05) is 18.2 Å². The lowest BCUT2D eigenvalue weighted by Crippen LogP contribution is -2.50. The number of nitrogens with two attached hydrogens (primary N) is 1. The summed E-state index contributed by atoms with van der Waals surface area (Å²) in [5.74, 6) is 1.38. The van der Waals surface area contributed by atoms with Crippen LogP contribution in [0.1, 0.15) is 36.0 Å². The van der Waals surface area contributed by atoms with E-state index in [2.05, 4.69) is 0 Å². The number of hydrogen-bond donors (Lipinski definition) is 1. The topological polar surface area (TPSA) is 72.6 Å². The van der Waals surface area contributed by atoms with E-state index in [1.807, 2.05) is 42.5 Å². The molecule has 5 heteroatoms. The fourth-order valence-electron chi connectivity index (χ4n) is 3.59. The van der Waals surface area contributed by atoms with Crippen molar-refractivity contribution in [2.75, 3.05) is 13.1 Å². The van der Waals surface area contributed by atoms with Crippen LogP contribution in [0.2, 0.25) is 0 Å². The van der Waals surface area contributed by atoms with E-state index in [1.165, 1.54) is 0 Å². The number of hydrogen-bond acceptors (Lipinski definition) is 4. The highest BCUT2D eigenvalue weighted by Crippen LogP contribution is 2.35. The lowest BCUT2D eigenvalue weighted by Gasteiger charge is -2.33. The molecule has 1 atom stereocenters. The van der Waals surface area contributed by atoms with Crippen molar-refractivity contribution in [3.63, 3.8) is 0 Å². The molecule has 140 valence electrons. The molecule has 0 unspecified atom stereocenters.